The highest BCUT2D eigenvalue weighted by molar-refractivity contribution is 5.25. The molecule has 0 saturated carbocycles. The fourth-order valence-electron chi connectivity index (χ4n) is 3.26. The highest BCUT2D eigenvalue weighted by atomic mass is 16.3. The van der Waals surface area contributed by atoms with Gasteiger partial charge in [-0.2, -0.15) is 0 Å². The van der Waals surface area contributed by atoms with Crippen LogP contribution in [0.3, 0.4) is 0 Å². The number of rotatable bonds is 6. The Kier molecular flexibility index (Phi) is 5.44. The van der Waals surface area contributed by atoms with Crippen LogP contribution in [-0.2, 0) is 6.42 Å². The fourth-order valence-corrected chi connectivity index (χ4v) is 3.26. The van der Waals surface area contributed by atoms with E-state index in [1.54, 1.807) is 12.1 Å². The molecule has 2 rings (SSSR count). The minimum Gasteiger partial charge on any atom is -0.508 e. The molecule has 1 heterocycles. The van der Waals surface area contributed by atoms with Crippen LogP contribution in [0, 0.1) is 0 Å². The van der Waals surface area contributed by atoms with Crippen molar-refractivity contribution >= 4 is 0 Å². The van der Waals surface area contributed by atoms with Gasteiger partial charge in [0.25, 0.3) is 0 Å². The Balaban J connectivity index is 1.84. The minimum absolute atomic E-state index is 0.354. The molecule has 1 aromatic carbocycles. The van der Waals surface area contributed by atoms with E-state index in [-0.39, 0.29) is 0 Å². The van der Waals surface area contributed by atoms with Crippen LogP contribution in [0.1, 0.15) is 31.7 Å². The summed E-state index contributed by atoms with van der Waals surface area (Å²) >= 11 is 0. The summed E-state index contributed by atoms with van der Waals surface area (Å²) in [5.74, 6) is 0.354. The maximum absolute atomic E-state index is 9.31. The van der Waals surface area contributed by atoms with E-state index in [0.29, 0.717) is 11.8 Å². The summed E-state index contributed by atoms with van der Waals surface area (Å²) in [4.78, 5) is 4.98. The summed E-state index contributed by atoms with van der Waals surface area (Å²) < 4.78 is 0. The molecule has 1 N–H and O–H groups in total. The van der Waals surface area contributed by atoms with Crippen molar-refractivity contribution in [2.75, 3.05) is 27.2 Å². The first kappa shape index (κ1) is 15.3. The largest absolute Gasteiger partial charge is 0.508 e. The smallest absolute Gasteiger partial charge is 0.115 e. The zero-order chi connectivity index (χ0) is 14.5. The zero-order valence-electron chi connectivity index (χ0n) is 13.0. The van der Waals surface area contributed by atoms with Crippen LogP contribution in [0.25, 0.3) is 0 Å². The molecule has 1 aliphatic rings. The summed E-state index contributed by atoms with van der Waals surface area (Å²) in [6.45, 7) is 4.77. The lowest BCUT2D eigenvalue weighted by Crippen LogP contribution is -2.42. The predicted octanol–water partition coefficient (Wildman–Crippen LogP) is 2.74. The highest BCUT2D eigenvalue weighted by Crippen LogP contribution is 2.23. The zero-order valence-corrected chi connectivity index (χ0v) is 13.0. The number of nitrogens with zero attached hydrogens (tertiary/aromatic N) is 2. The lowest BCUT2D eigenvalue weighted by Gasteiger charge is -2.32. The van der Waals surface area contributed by atoms with Crippen LogP contribution in [0.5, 0.6) is 5.75 Å². The summed E-state index contributed by atoms with van der Waals surface area (Å²) in [5, 5.41) is 9.31. The summed E-state index contributed by atoms with van der Waals surface area (Å²) in [7, 11) is 4.33. The van der Waals surface area contributed by atoms with Crippen molar-refractivity contribution in [2.45, 2.75) is 44.7 Å². The quantitative estimate of drug-likeness (QED) is 0.865. The minimum atomic E-state index is 0.354. The third-order valence-electron chi connectivity index (χ3n) is 4.35. The van der Waals surface area contributed by atoms with E-state index >= 15 is 0 Å². The third kappa shape index (κ3) is 4.22. The Morgan fingerprint density at radius 3 is 2.65 bits per heavy atom. The van der Waals surface area contributed by atoms with Gasteiger partial charge in [-0.05, 0) is 70.9 Å². The van der Waals surface area contributed by atoms with Crippen molar-refractivity contribution in [3.05, 3.63) is 29.8 Å². The van der Waals surface area contributed by atoms with Gasteiger partial charge in [-0.25, -0.2) is 0 Å². The molecule has 3 heteroatoms. The SMILES string of the molecule is CC(CCc1ccc(O)cc1)N1CCCC1CN(C)C. The van der Waals surface area contributed by atoms with Gasteiger partial charge in [0.2, 0.25) is 0 Å². The molecule has 1 aromatic rings. The van der Waals surface area contributed by atoms with Gasteiger partial charge in [0, 0.05) is 18.6 Å². The summed E-state index contributed by atoms with van der Waals surface area (Å²) in [6, 6.07) is 8.98. The molecule has 2 atom stereocenters. The lowest BCUT2D eigenvalue weighted by molar-refractivity contribution is 0.155. The molecule has 1 aliphatic heterocycles. The van der Waals surface area contributed by atoms with E-state index in [4.69, 9.17) is 0 Å². The Bertz CT molecular complexity index is 402. The number of likely N-dealkylation sites (tertiary alicyclic amines) is 1. The Morgan fingerprint density at radius 1 is 1.30 bits per heavy atom. The second kappa shape index (κ2) is 7.09. The van der Waals surface area contributed by atoms with Gasteiger partial charge >= 0.3 is 0 Å². The molecule has 0 aromatic heterocycles. The molecule has 0 spiro atoms. The van der Waals surface area contributed by atoms with Gasteiger partial charge in [0.15, 0.2) is 0 Å². The normalized spacial score (nSPS) is 21.5. The number of benzene rings is 1. The van der Waals surface area contributed by atoms with Gasteiger partial charge in [0.05, 0.1) is 0 Å². The molecule has 0 radical (unpaired) electrons. The molecule has 0 bridgehead atoms. The van der Waals surface area contributed by atoms with E-state index < -0.39 is 0 Å². The molecule has 2 unspecified atom stereocenters. The number of likely N-dealkylation sites (N-methyl/N-ethyl adjacent to an activating group) is 1. The molecule has 1 fully saturated rings. The standard InChI is InChI=1S/C17H28N2O/c1-14(6-7-15-8-10-17(20)11-9-15)19-12-4-5-16(19)13-18(2)3/h8-11,14,16,20H,4-7,12-13H2,1-3H3. The van der Waals surface area contributed by atoms with Crippen molar-refractivity contribution in [1.82, 2.24) is 9.80 Å². The lowest BCUT2D eigenvalue weighted by atomic mass is 10.0. The van der Waals surface area contributed by atoms with E-state index in [1.165, 1.54) is 37.9 Å². The molecule has 0 aliphatic carbocycles. The monoisotopic (exact) mass is 276 g/mol. The van der Waals surface area contributed by atoms with Gasteiger partial charge < -0.3 is 10.0 Å². The second-order valence-electron chi connectivity index (χ2n) is 6.35. The first-order valence-corrected chi connectivity index (χ1v) is 7.74. The molecule has 112 valence electrons. The van der Waals surface area contributed by atoms with Gasteiger partial charge in [-0.1, -0.05) is 12.1 Å². The average Bonchev–Trinajstić information content (AvgIpc) is 2.85. The Hall–Kier alpha value is -1.06. The summed E-state index contributed by atoms with van der Waals surface area (Å²) in [5.41, 5.74) is 1.32. The van der Waals surface area contributed by atoms with E-state index in [9.17, 15) is 5.11 Å². The van der Waals surface area contributed by atoms with Crippen molar-refractivity contribution in [3.8, 4) is 5.75 Å². The number of aromatic hydroxyl groups is 1. The Labute approximate surface area is 123 Å². The van der Waals surface area contributed by atoms with Crippen molar-refractivity contribution in [3.63, 3.8) is 0 Å². The first-order valence-electron chi connectivity index (χ1n) is 7.74. The van der Waals surface area contributed by atoms with E-state index in [0.717, 1.165) is 12.5 Å². The molecule has 1 saturated heterocycles. The van der Waals surface area contributed by atoms with Crippen LogP contribution in [0.15, 0.2) is 24.3 Å². The van der Waals surface area contributed by atoms with Crippen molar-refractivity contribution in [2.24, 2.45) is 0 Å². The maximum atomic E-state index is 9.31. The fraction of sp³-hybridized carbons (Fsp3) is 0.647. The topological polar surface area (TPSA) is 26.7 Å². The van der Waals surface area contributed by atoms with Gasteiger partial charge in [0.1, 0.15) is 5.75 Å². The highest BCUT2D eigenvalue weighted by Gasteiger charge is 2.28. The molecule has 20 heavy (non-hydrogen) atoms. The number of hydrogen-bond donors (Lipinski definition) is 1. The maximum Gasteiger partial charge on any atom is 0.115 e. The second-order valence-corrected chi connectivity index (χ2v) is 6.35. The number of phenols is 1. The molecule has 0 amide bonds. The molecular weight excluding hydrogens is 248 g/mol. The molecular formula is C17H28N2O. The van der Waals surface area contributed by atoms with Gasteiger partial charge in [-0.15, -0.1) is 0 Å². The first-order chi connectivity index (χ1) is 9.56. The van der Waals surface area contributed by atoms with E-state index in [2.05, 4.69) is 30.8 Å². The number of hydrogen-bond acceptors (Lipinski definition) is 3. The van der Waals surface area contributed by atoms with Crippen LogP contribution in [0.4, 0.5) is 0 Å². The third-order valence-corrected chi connectivity index (χ3v) is 4.35. The van der Waals surface area contributed by atoms with Crippen molar-refractivity contribution in [1.29, 1.82) is 0 Å². The number of aryl methyl sites for hydroxylation is 1. The van der Waals surface area contributed by atoms with Crippen LogP contribution >= 0.6 is 0 Å². The summed E-state index contributed by atoms with van der Waals surface area (Å²) in [6.07, 6.45) is 4.95. The van der Waals surface area contributed by atoms with Gasteiger partial charge in [-0.3, -0.25) is 4.90 Å². The number of phenolic OH excluding ortho intramolecular Hbond substituents is 1. The van der Waals surface area contributed by atoms with E-state index in [1.807, 2.05) is 12.1 Å². The Morgan fingerprint density at radius 2 is 2.00 bits per heavy atom. The van der Waals surface area contributed by atoms with Crippen LogP contribution < -0.4 is 0 Å². The van der Waals surface area contributed by atoms with Crippen LogP contribution in [-0.4, -0.2) is 54.2 Å². The van der Waals surface area contributed by atoms with Crippen LogP contribution in [0.2, 0.25) is 0 Å². The van der Waals surface area contributed by atoms with Crippen molar-refractivity contribution < 1.29 is 5.11 Å². The predicted molar refractivity (Wildman–Crippen MR) is 84.2 cm³/mol. The average molecular weight is 276 g/mol. The molecule has 3 nitrogen and oxygen atoms in total.